The lowest BCUT2D eigenvalue weighted by molar-refractivity contribution is -0.115. The fraction of sp³-hybridized carbons (Fsp3) is 0.316. The molecule has 1 N–H and O–H groups in total. The highest BCUT2D eigenvalue weighted by molar-refractivity contribution is 8.00. The molecule has 3 nitrogen and oxygen atoms in total. The third kappa shape index (κ3) is 5.99. The van der Waals surface area contributed by atoms with Gasteiger partial charge in [0.2, 0.25) is 5.91 Å². The molecule has 0 aliphatic carbocycles. The van der Waals surface area contributed by atoms with E-state index >= 15 is 0 Å². The highest BCUT2D eigenvalue weighted by atomic mass is 32.2. The molecule has 0 spiro atoms. The van der Waals surface area contributed by atoms with Crippen LogP contribution in [0.3, 0.4) is 0 Å². The van der Waals surface area contributed by atoms with Crippen LogP contribution in [0.4, 0.5) is 5.69 Å². The van der Waals surface area contributed by atoms with Gasteiger partial charge in [0.15, 0.2) is 0 Å². The minimum atomic E-state index is -0.114. The molecule has 122 valence electrons. The molecule has 23 heavy (non-hydrogen) atoms. The number of anilines is 1. The number of nitrogens with one attached hydrogen (secondary N) is 1. The van der Waals surface area contributed by atoms with Gasteiger partial charge in [-0.05, 0) is 50.6 Å². The molecule has 0 bridgehead atoms. The number of thioether (sulfide) groups is 1. The Kier molecular flexibility index (Phi) is 6.53. The van der Waals surface area contributed by atoms with Crippen LogP contribution in [-0.2, 0) is 4.79 Å². The summed E-state index contributed by atoms with van der Waals surface area (Å²) in [5, 5.41) is 2.83. The lowest BCUT2D eigenvalue weighted by Gasteiger charge is -2.13. The number of aryl methyl sites for hydroxylation is 2. The van der Waals surface area contributed by atoms with E-state index in [1.54, 1.807) is 11.8 Å². The summed E-state index contributed by atoms with van der Waals surface area (Å²) in [6.45, 7) is 6.57. The van der Waals surface area contributed by atoms with Gasteiger partial charge >= 0.3 is 0 Å². The summed E-state index contributed by atoms with van der Waals surface area (Å²) in [6.07, 6.45) is 0. The Balaban J connectivity index is 1.70. The van der Waals surface area contributed by atoms with Gasteiger partial charge in [0, 0.05) is 11.4 Å². The van der Waals surface area contributed by atoms with Crippen LogP contribution in [0.15, 0.2) is 48.5 Å². The fourth-order valence-electron chi connectivity index (χ4n) is 2.06. The standard InChI is InChI=1S/C19H23NO2S/c1-14-7-9-18(10-8-14)22-11-12-23-16(3)19(21)20-17-6-4-5-15(2)13-17/h4-10,13,16H,11-12H2,1-3H3,(H,20,21). The Morgan fingerprint density at radius 3 is 2.57 bits per heavy atom. The SMILES string of the molecule is Cc1ccc(OCCSC(C)C(=O)Nc2cccc(C)c2)cc1. The van der Waals surface area contributed by atoms with E-state index in [9.17, 15) is 4.79 Å². The molecule has 0 heterocycles. The van der Waals surface area contributed by atoms with Crippen molar-refractivity contribution in [2.24, 2.45) is 0 Å². The number of rotatable bonds is 7. The van der Waals surface area contributed by atoms with Gasteiger partial charge in [-0.15, -0.1) is 11.8 Å². The molecule has 0 radical (unpaired) electrons. The van der Waals surface area contributed by atoms with Crippen molar-refractivity contribution in [3.63, 3.8) is 0 Å². The van der Waals surface area contributed by atoms with Crippen LogP contribution >= 0.6 is 11.8 Å². The van der Waals surface area contributed by atoms with Crippen molar-refractivity contribution in [1.29, 1.82) is 0 Å². The molecule has 2 aromatic carbocycles. The van der Waals surface area contributed by atoms with Gasteiger partial charge in [-0.2, -0.15) is 0 Å². The first-order chi connectivity index (χ1) is 11.0. The summed E-state index contributed by atoms with van der Waals surface area (Å²) in [5.41, 5.74) is 3.20. The summed E-state index contributed by atoms with van der Waals surface area (Å²) >= 11 is 1.59. The fourth-order valence-corrected chi connectivity index (χ4v) is 2.80. The van der Waals surface area contributed by atoms with E-state index < -0.39 is 0 Å². The van der Waals surface area contributed by atoms with Crippen molar-refractivity contribution in [3.8, 4) is 5.75 Å². The molecule has 0 saturated carbocycles. The summed E-state index contributed by atoms with van der Waals surface area (Å²) in [4.78, 5) is 12.2. The van der Waals surface area contributed by atoms with Crippen molar-refractivity contribution in [2.45, 2.75) is 26.0 Å². The molecule has 2 rings (SSSR count). The first-order valence-electron chi connectivity index (χ1n) is 7.73. The second-order valence-electron chi connectivity index (χ2n) is 5.53. The Morgan fingerprint density at radius 2 is 1.87 bits per heavy atom. The Labute approximate surface area is 142 Å². The monoisotopic (exact) mass is 329 g/mol. The molecular formula is C19H23NO2S. The second-order valence-corrected chi connectivity index (χ2v) is 6.98. The molecule has 0 aromatic heterocycles. The van der Waals surface area contributed by atoms with Crippen LogP contribution in [0.25, 0.3) is 0 Å². The highest BCUT2D eigenvalue weighted by Crippen LogP contribution is 2.16. The van der Waals surface area contributed by atoms with Crippen LogP contribution in [0, 0.1) is 13.8 Å². The van der Waals surface area contributed by atoms with Gasteiger partial charge in [0.05, 0.1) is 11.9 Å². The van der Waals surface area contributed by atoms with Crippen LogP contribution in [-0.4, -0.2) is 23.5 Å². The first kappa shape index (κ1) is 17.4. The molecule has 1 unspecified atom stereocenters. The number of hydrogen-bond acceptors (Lipinski definition) is 3. The predicted octanol–water partition coefficient (Wildman–Crippen LogP) is 4.44. The number of carbonyl (C=O) groups is 1. The molecule has 0 aliphatic rings. The maximum atomic E-state index is 12.2. The molecule has 0 fully saturated rings. The zero-order valence-electron chi connectivity index (χ0n) is 13.8. The topological polar surface area (TPSA) is 38.3 Å². The number of ether oxygens (including phenoxy) is 1. The summed E-state index contributed by atoms with van der Waals surface area (Å²) in [5.74, 6) is 1.67. The molecule has 1 atom stereocenters. The van der Waals surface area contributed by atoms with E-state index in [-0.39, 0.29) is 11.2 Å². The summed E-state index contributed by atoms with van der Waals surface area (Å²) in [6, 6.07) is 15.8. The maximum absolute atomic E-state index is 12.2. The van der Waals surface area contributed by atoms with E-state index in [0.29, 0.717) is 6.61 Å². The maximum Gasteiger partial charge on any atom is 0.237 e. The quantitative estimate of drug-likeness (QED) is 0.763. The van der Waals surface area contributed by atoms with Crippen molar-refractivity contribution in [1.82, 2.24) is 0 Å². The molecule has 1 amide bonds. The van der Waals surface area contributed by atoms with Crippen molar-refractivity contribution >= 4 is 23.4 Å². The van der Waals surface area contributed by atoms with Crippen molar-refractivity contribution in [3.05, 3.63) is 59.7 Å². The van der Waals surface area contributed by atoms with Crippen LogP contribution < -0.4 is 10.1 Å². The normalized spacial score (nSPS) is 11.8. The van der Waals surface area contributed by atoms with Gasteiger partial charge in [0.25, 0.3) is 0 Å². The average molecular weight is 329 g/mol. The van der Waals surface area contributed by atoms with Gasteiger partial charge in [-0.3, -0.25) is 4.79 Å². The number of benzene rings is 2. The predicted molar refractivity (Wildman–Crippen MR) is 98.4 cm³/mol. The van der Waals surface area contributed by atoms with Gasteiger partial charge in [0.1, 0.15) is 5.75 Å². The highest BCUT2D eigenvalue weighted by Gasteiger charge is 2.13. The number of amides is 1. The molecule has 4 heteroatoms. The number of hydrogen-bond donors (Lipinski definition) is 1. The Bertz CT molecular complexity index is 640. The lowest BCUT2D eigenvalue weighted by Crippen LogP contribution is -2.23. The third-order valence-electron chi connectivity index (χ3n) is 3.40. The second kappa shape index (κ2) is 8.63. The summed E-state index contributed by atoms with van der Waals surface area (Å²) in [7, 11) is 0. The summed E-state index contributed by atoms with van der Waals surface area (Å²) < 4.78 is 5.67. The van der Waals surface area contributed by atoms with E-state index in [1.165, 1.54) is 5.56 Å². The van der Waals surface area contributed by atoms with Crippen molar-refractivity contribution in [2.75, 3.05) is 17.7 Å². The minimum absolute atomic E-state index is 0.0240. The minimum Gasteiger partial charge on any atom is -0.493 e. The van der Waals surface area contributed by atoms with Gasteiger partial charge in [-0.25, -0.2) is 0 Å². The largest absolute Gasteiger partial charge is 0.493 e. The number of carbonyl (C=O) groups excluding carboxylic acids is 1. The molecular weight excluding hydrogens is 306 g/mol. The molecule has 0 saturated heterocycles. The van der Waals surface area contributed by atoms with Crippen molar-refractivity contribution < 1.29 is 9.53 Å². The zero-order chi connectivity index (χ0) is 16.7. The zero-order valence-corrected chi connectivity index (χ0v) is 14.7. The lowest BCUT2D eigenvalue weighted by atomic mass is 10.2. The van der Waals surface area contributed by atoms with Crippen LogP contribution in [0.1, 0.15) is 18.1 Å². The smallest absolute Gasteiger partial charge is 0.237 e. The first-order valence-corrected chi connectivity index (χ1v) is 8.78. The van der Waals surface area contributed by atoms with E-state index in [2.05, 4.69) is 5.32 Å². The van der Waals surface area contributed by atoms with Crippen LogP contribution in [0.5, 0.6) is 5.75 Å². The Hall–Kier alpha value is -1.94. The van der Waals surface area contributed by atoms with E-state index in [1.807, 2.05) is 69.3 Å². The molecule has 2 aromatic rings. The average Bonchev–Trinajstić information content (AvgIpc) is 2.53. The van der Waals surface area contributed by atoms with E-state index in [0.717, 1.165) is 22.8 Å². The van der Waals surface area contributed by atoms with Gasteiger partial charge in [-0.1, -0.05) is 29.8 Å². The molecule has 0 aliphatic heterocycles. The van der Waals surface area contributed by atoms with Crippen LogP contribution in [0.2, 0.25) is 0 Å². The Morgan fingerprint density at radius 1 is 1.13 bits per heavy atom. The van der Waals surface area contributed by atoms with Gasteiger partial charge < -0.3 is 10.1 Å². The van der Waals surface area contributed by atoms with E-state index in [4.69, 9.17) is 4.74 Å². The third-order valence-corrected chi connectivity index (χ3v) is 4.51.